The van der Waals surface area contributed by atoms with E-state index in [-0.39, 0.29) is 5.91 Å². The standard InChI is InChI=1S/C21H22N4O2/c1-24-20-16-9-5-6-10-18(16)27-14-17(20)19(23-24)21(26)25(12-11-22)13-15-7-3-2-4-8-15/h2-10H,11-14,22H2,1H3. The van der Waals surface area contributed by atoms with Gasteiger partial charge in [0.1, 0.15) is 12.4 Å². The SMILES string of the molecule is Cn1nc(C(=O)N(CCN)Cc2ccccc2)c2c1-c1ccccc1OC2. The first-order chi connectivity index (χ1) is 13.2. The van der Waals surface area contributed by atoms with Gasteiger partial charge in [-0.1, -0.05) is 42.5 Å². The molecule has 2 heterocycles. The lowest BCUT2D eigenvalue weighted by molar-refractivity contribution is 0.0738. The molecule has 2 aromatic carbocycles. The molecule has 0 spiro atoms. The van der Waals surface area contributed by atoms with Crippen LogP contribution in [0.15, 0.2) is 54.6 Å². The first-order valence-electron chi connectivity index (χ1n) is 9.00. The van der Waals surface area contributed by atoms with E-state index in [1.54, 1.807) is 9.58 Å². The Morgan fingerprint density at radius 2 is 1.93 bits per heavy atom. The van der Waals surface area contributed by atoms with Crippen LogP contribution in [0.25, 0.3) is 11.3 Å². The van der Waals surface area contributed by atoms with Gasteiger partial charge in [0.2, 0.25) is 0 Å². The van der Waals surface area contributed by atoms with Crippen molar-refractivity contribution in [1.82, 2.24) is 14.7 Å². The lowest BCUT2D eigenvalue weighted by Gasteiger charge is -2.23. The van der Waals surface area contributed by atoms with E-state index in [4.69, 9.17) is 10.5 Å². The molecule has 3 aromatic rings. The van der Waals surface area contributed by atoms with Gasteiger partial charge in [-0.25, -0.2) is 0 Å². The van der Waals surface area contributed by atoms with E-state index in [9.17, 15) is 4.79 Å². The highest BCUT2D eigenvalue weighted by Gasteiger charge is 2.30. The smallest absolute Gasteiger partial charge is 0.275 e. The lowest BCUT2D eigenvalue weighted by atomic mass is 10.0. The minimum absolute atomic E-state index is 0.121. The normalized spacial score (nSPS) is 12.1. The monoisotopic (exact) mass is 362 g/mol. The first kappa shape index (κ1) is 17.3. The average Bonchev–Trinajstić information content (AvgIpc) is 3.05. The molecule has 1 aliphatic heterocycles. The van der Waals surface area contributed by atoms with Gasteiger partial charge in [0.05, 0.1) is 5.69 Å². The molecule has 2 N–H and O–H groups in total. The molecular formula is C21H22N4O2. The van der Waals surface area contributed by atoms with Crippen molar-refractivity contribution in [3.05, 3.63) is 71.4 Å². The maximum absolute atomic E-state index is 13.3. The minimum atomic E-state index is -0.121. The van der Waals surface area contributed by atoms with Crippen LogP contribution in [-0.4, -0.2) is 33.7 Å². The Morgan fingerprint density at radius 1 is 1.19 bits per heavy atom. The van der Waals surface area contributed by atoms with Gasteiger partial charge >= 0.3 is 0 Å². The van der Waals surface area contributed by atoms with Crippen LogP contribution < -0.4 is 10.5 Å². The van der Waals surface area contributed by atoms with Gasteiger partial charge in [-0.2, -0.15) is 5.10 Å². The van der Waals surface area contributed by atoms with Gasteiger partial charge in [0.15, 0.2) is 5.69 Å². The summed E-state index contributed by atoms with van der Waals surface area (Å²) >= 11 is 0. The largest absolute Gasteiger partial charge is 0.488 e. The van der Waals surface area contributed by atoms with E-state index in [0.29, 0.717) is 31.9 Å². The highest BCUT2D eigenvalue weighted by atomic mass is 16.5. The zero-order valence-electron chi connectivity index (χ0n) is 15.3. The maximum Gasteiger partial charge on any atom is 0.275 e. The summed E-state index contributed by atoms with van der Waals surface area (Å²) in [6, 6.07) is 17.7. The summed E-state index contributed by atoms with van der Waals surface area (Å²) in [6.45, 7) is 1.70. The van der Waals surface area contributed by atoms with E-state index >= 15 is 0 Å². The second-order valence-electron chi connectivity index (χ2n) is 6.59. The number of hydrogen-bond acceptors (Lipinski definition) is 4. The van der Waals surface area contributed by atoms with Crippen molar-refractivity contribution in [3.8, 4) is 17.0 Å². The van der Waals surface area contributed by atoms with Crippen LogP contribution in [0.2, 0.25) is 0 Å². The summed E-state index contributed by atoms with van der Waals surface area (Å²) < 4.78 is 7.63. The summed E-state index contributed by atoms with van der Waals surface area (Å²) in [7, 11) is 1.86. The minimum Gasteiger partial charge on any atom is -0.488 e. The molecule has 0 unspecified atom stereocenters. The molecule has 1 amide bonds. The molecule has 0 fully saturated rings. The predicted octanol–water partition coefficient (Wildman–Crippen LogP) is 2.58. The van der Waals surface area contributed by atoms with E-state index in [2.05, 4.69) is 5.10 Å². The predicted molar refractivity (Wildman–Crippen MR) is 103 cm³/mol. The first-order valence-corrected chi connectivity index (χ1v) is 9.00. The Bertz CT molecular complexity index is 966. The van der Waals surface area contributed by atoms with Gasteiger partial charge in [0.25, 0.3) is 5.91 Å². The lowest BCUT2D eigenvalue weighted by Crippen LogP contribution is -2.35. The second-order valence-corrected chi connectivity index (χ2v) is 6.59. The van der Waals surface area contributed by atoms with Crippen molar-refractivity contribution in [3.63, 3.8) is 0 Å². The Kier molecular flexibility index (Phi) is 4.64. The molecule has 0 atom stereocenters. The van der Waals surface area contributed by atoms with Gasteiger partial charge in [0, 0.05) is 37.8 Å². The van der Waals surface area contributed by atoms with Crippen molar-refractivity contribution < 1.29 is 9.53 Å². The number of rotatable bonds is 5. The fourth-order valence-corrected chi connectivity index (χ4v) is 3.51. The number of benzene rings is 2. The van der Waals surface area contributed by atoms with Crippen LogP contribution >= 0.6 is 0 Å². The number of para-hydroxylation sites is 1. The van der Waals surface area contributed by atoms with Gasteiger partial charge in [-0.15, -0.1) is 0 Å². The fraction of sp³-hybridized carbons (Fsp3) is 0.238. The molecule has 6 heteroatoms. The Morgan fingerprint density at radius 3 is 2.70 bits per heavy atom. The second kappa shape index (κ2) is 7.25. The number of nitrogens with two attached hydrogens (primary N) is 1. The van der Waals surface area contributed by atoms with E-state index in [0.717, 1.165) is 28.1 Å². The third-order valence-corrected chi connectivity index (χ3v) is 4.76. The van der Waals surface area contributed by atoms with E-state index in [1.807, 2.05) is 61.6 Å². The van der Waals surface area contributed by atoms with Crippen molar-refractivity contribution in [1.29, 1.82) is 0 Å². The average molecular weight is 362 g/mol. The number of amides is 1. The van der Waals surface area contributed by atoms with Crippen molar-refractivity contribution in [2.24, 2.45) is 12.8 Å². The molecule has 0 bridgehead atoms. The molecule has 6 nitrogen and oxygen atoms in total. The number of aryl methyl sites for hydroxylation is 1. The highest BCUT2D eigenvalue weighted by Crippen LogP contribution is 2.38. The number of fused-ring (bicyclic) bond motifs is 3. The molecule has 138 valence electrons. The third-order valence-electron chi connectivity index (χ3n) is 4.76. The van der Waals surface area contributed by atoms with Gasteiger partial charge in [-0.3, -0.25) is 9.48 Å². The van der Waals surface area contributed by atoms with Crippen molar-refractivity contribution >= 4 is 5.91 Å². The molecule has 4 rings (SSSR count). The maximum atomic E-state index is 13.3. The van der Waals surface area contributed by atoms with Crippen LogP contribution in [0.4, 0.5) is 0 Å². The van der Waals surface area contributed by atoms with Gasteiger partial charge < -0.3 is 15.4 Å². The van der Waals surface area contributed by atoms with Crippen LogP contribution in [0.1, 0.15) is 21.6 Å². The Balaban J connectivity index is 1.70. The molecule has 0 radical (unpaired) electrons. The van der Waals surface area contributed by atoms with Crippen LogP contribution in [-0.2, 0) is 20.2 Å². The molecular weight excluding hydrogens is 340 g/mol. The number of aromatic nitrogens is 2. The molecule has 0 saturated heterocycles. The summed E-state index contributed by atoms with van der Waals surface area (Å²) in [6.07, 6.45) is 0. The van der Waals surface area contributed by atoms with Crippen LogP contribution in [0.5, 0.6) is 5.75 Å². The van der Waals surface area contributed by atoms with E-state index in [1.165, 1.54) is 0 Å². The molecule has 1 aromatic heterocycles. The van der Waals surface area contributed by atoms with Crippen molar-refractivity contribution in [2.75, 3.05) is 13.1 Å². The number of carbonyl (C=O) groups is 1. The Hall–Kier alpha value is -3.12. The summed E-state index contributed by atoms with van der Waals surface area (Å²) in [5.74, 6) is 0.694. The van der Waals surface area contributed by atoms with Crippen LogP contribution in [0, 0.1) is 0 Å². The number of ether oxygens (including phenoxy) is 1. The molecule has 0 aliphatic carbocycles. The van der Waals surface area contributed by atoms with E-state index < -0.39 is 0 Å². The highest BCUT2D eigenvalue weighted by molar-refractivity contribution is 5.96. The molecule has 1 aliphatic rings. The van der Waals surface area contributed by atoms with Crippen molar-refractivity contribution in [2.45, 2.75) is 13.2 Å². The quantitative estimate of drug-likeness (QED) is 0.757. The summed E-state index contributed by atoms with van der Waals surface area (Å²) in [5, 5.41) is 4.54. The zero-order valence-corrected chi connectivity index (χ0v) is 15.3. The van der Waals surface area contributed by atoms with Crippen LogP contribution in [0.3, 0.4) is 0 Å². The molecule has 27 heavy (non-hydrogen) atoms. The topological polar surface area (TPSA) is 73.4 Å². The summed E-state index contributed by atoms with van der Waals surface area (Å²) in [4.78, 5) is 15.0. The number of hydrogen-bond donors (Lipinski definition) is 1. The summed E-state index contributed by atoms with van der Waals surface area (Å²) in [5.41, 5.74) is 9.99. The third kappa shape index (κ3) is 3.19. The Labute approximate surface area is 158 Å². The molecule has 0 saturated carbocycles. The fourth-order valence-electron chi connectivity index (χ4n) is 3.51. The number of carbonyl (C=O) groups excluding carboxylic acids is 1. The zero-order chi connectivity index (χ0) is 18.8. The van der Waals surface area contributed by atoms with Gasteiger partial charge in [-0.05, 0) is 17.7 Å². The number of nitrogens with zero attached hydrogens (tertiary/aromatic N) is 3.